The number of halogens is 2. The summed E-state index contributed by atoms with van der Waals surface area (Å²) in [5, 5.41) is 10.4. The molecule has 0 radical (unpaired) electrons. The molecule has 1 unspecified atom stereocenters. The maximum absolute atomic E-state index is 13.3. The lowest BCUT2D eigenvalue weighted by Crippen LogP contribution is -2.10. The summed E-state index contributed by atoms with van der Waals surface area (Å²) in [4.78, 5) is 0. The monoisotopic (exact) mass is 266 g/mol. The smallest absolute Gasteiger partial charge is 0.165 e. The van der Waals surface area contributed by atoms with Crippen molar-refractivity contribution in [3.63, 3.8) is 0 Å². The molecule has 2 aromatic carbocycles. The van der Waals surface area contributed by atoms with Crippen molar-refractivity contribution in [1.82, 2.24) is 0 Å². The molecule has 0 aliphatic heterocycles. The Kier molecular flexibility index (Phi) is 4.18. The molecule has 0 saturated heterocycles. The van der Waals surface area contributed by atoms with Crippen LogP contribution < -0.4 is 4.74 Å². The second kappa shape index (κ2) is 5.85. The van der Waals surface area contributed by atoms with E-state index in [1.54, 1.807) is 36.4 Å². The number of aliphatic hydroxyl groups excluding tert-OH is 1. The van der Waals surface area contributed by atoms with E-state index in [0.29, 0.717) is 10.6 Å². The van der Waals surface area contributed by atoms with Crippen molar-refractivity contribution < 1.29 is 14.2 Å². The van der Waals surface area contributed by atoms with Crippen molar-refractivity contribution >= 4 is 11.6 Å². The summed E-state index contributed by atoms with van der Waals surface area (Å²) in [7, 11) is 0. The number of hydrogen-bond acceptors (Lipinski definition) is 2. The van der Waals surface area contributed by atoms with Crippen LogP contribution in [0.1, 0.15) is 11.7 Å². The third-order valence-corrected chi connectivity index (χ3v) is 2.84. The van der Waals surface area contributed by atoms with Crippen molar-refractivity contribution in [3.8, 4) is 5.75 Å². The van der Waals surface area contributed by atoms with Crippen LogP contribution in [-0.4, -0.2) is 11.7 Å². The van der Waals surface area contributed by atoms with Crippen molar-refractivity contribution in [3.05, 3.63) is 64.9 Å². The Bertz CT molecular complexity index is 531. The van der Waals surface area contributed by atoms with Gasteiger partial charge in [-0.15, -0.1) is 0 Å². The van der Waals surface area contributed by atoms with Crippen LogP contribution in [0.4, 0.5) is 4.39 Å². The molecule has 2 aromatic rings. The summed E-state index contributed by atoms with van der Waals surface area (Å²) >= 11 is 5.94. The number of para-hydroxylation sites is 1. The predicted molar refractivity (Wildman–Crippen MR) is 68.3 cm³/mol. The van der Waals surface area contributed by atoms with Crippen LogP contribution in [0.3, 0.4) is 0 Å². The van der Waals surface area contributed by atoms with Gasteiger partial charge in [-0.3, -0.25) is 0 Å². The molecule has 18 heavy (non-hydrogen) atoms. The SMILES string of the molecule is OC(COc1ccccc1F)c1ccccc1Cl. The van der Waals surface area contributed by atoms with Crippen molar-refractivity contribution in [2.75, 3.05) is 6.61 Å². The van der Waals surface area contributed by atoms with Crippen LogP contribution in [0.25, 0.3) is 0 Å². The Morgan fingerprint density at radius 3 is 2.50 bits per heavy atom. The Morgan fingerprint density at radius 2 is 1.78 bits per heavy atom. The van der Waals surface area contributed by atoms with Crippen molar-refractivity contribution in [2.45, 2.75) is 6.10 Å². The topological polar surface area (TPSA) is 29.5 Å². The van der Waals surface area contributed by atoms with E-state index >= 15 is 0 Å². The summed E-state index contributed by atoms with van der Waals surface area (Å²) in [5.41, 5.74) is 0.565. The lowest BCUT2D eigenvalue weighted by molar-refractivity contribution is 0.106. The quantitative estimate of drug-likeness (QED) is 0.916. The highest BCUT2D eigenvalue weighted by Gasteiger charge is 2.12. The lowest BCUT2D eigenvalue weighted by atomic mass is 10.1. The summed E-state index contributed by atoms with van der Waals surface area (Å²) in [5.74, 6) is -0.340. The number of rotatable bonds is 4. The van der Waals surface area contributed by atoms with Gasteiger partial charge in [0.1, 0.15) is 12.7 Å². The molecule has 0 aromatic heterocycles. The third kappa shape index (κ3) is 3.00. The van der Waals surface area contributed by atoms with Gasteiger partial charge < -0.3 is 9.84 Å². The second-order valence-corrected chi connectivity index (χ2v) is 4.19. The molecule has 1 atom stereocenters. The zero-order valence-corrected chi connectivity index (χ0v) is 10.3. The van der Waals surface area contributed by atoms with Crippen LogP contribution in [0.2, 0.25) is 5.02 Å². The standard InChI is InChI=1S/C14H12ClFO2/c15-11-6-2-1-5-10(11)13(17)9-18-14-8-4-3-7-12(14)16/h1-8,13,17H,9H2. The van der Waals surface area contributed by atoms with Gasteiger partial charge in [-0.05, 0) is 18.2 Å². The molecule has 0 amide bonds. The Morgan fingerprint density at radius 1 is 1.11 bits per heavy atom. The van der Waals surface area contributed by atoms with E-state index in [9.17, 15) is 9.50 Å². The van der Waals surface area contributed by atoms with E-state index in [0.717, 1.165) is 0 Å². The normalized spacial score (nSPS) is 12.2. The van der Waals surface area contributed by atoms with Gasteiger partial charge in [0.15, 0.2) is 11.6 Å². The first-order chi connectivity index (χ1) is 8.68. The molecule has 2 nitrogen and oxygen atoms in total. The zero-order chi connectivity index (χ0) is 13.0. The van der Waals surface area contributed by atoms with Gasteiger partial charge in [0, 0.05) is 10.6 Å². The molecule has 0 fully saturated rings. The fourth-order valence-electron chi connectivity index (χ4n) is 1.57. The molecule has 0 spiro atoms. The van der Waals surface area contributed by atoms with Gasteiger partial charge in [-0.1, -0.05) is 41.9 Å². The fraction of sp³-hybridized carbons (Fsp3) is 0.143. The molecule has 0 bridgehead atoms. The maximum Gasteiger partial charge on any atom is 0.165 e. The van der Waals surface area contributed by atoms with Crippen molar-refractivity contribution in [2.24, 2.45) is 0 Å². The van der Waals surface area contributed by atoms with Crippen molar-refractivity contribution in [1.29, 1.82) is 0 Å². The lowest BCUT2D eigenvalue weighted by Gasteiger charge is -2.14. The van der Waals surface area contributed by atoms with Crippen LogP contribution in [0, 0.1) is 5.82 Å². The van der Waals surface area contributed by atoms with E-state index in [4.69, 9.17) is 16.3 Å². The van der Waals surface area contributed by atoms with Gasteiger partial charge in [0.25, 0.3) is 0 Å². The molecule has 4 heteroatoms. The van der Waals surface area contributed by atoms with Crippen LogP contribution in [-0.2, 0) is 0 Å². The minimum absolute atomic E-state index is 0.0509. The maximum atomic E-state index is 13.3. The van der Waals surface area contributed by atoms with E-state index < -0.39 is 11.9 Å². The number of benzene rings is 2. The molecule has 0 aliphatic rings. The Labute approximate surface area is 110 Å². The zero-order valence-electron chi connectivity index (χ0n) is 9.51. The summed E-state index contributed by atoms with van der Waals surface area (Å²) in [6.07, 6.45) is -0.890. The predicted octanol–water partition coefficient (Wildman–Crippen LogP) is 3.59. The highest BCUT2D eigenvalue weighted by Crippen LogP contribution is 2.24. The highest BCUT2D eigenvalue weighted by molar-refractivity contribution is 6.31. The van der Waals surface area contributed by atoms with Gasteiger partial charge in [-0.2, -0.15) is 0 Å². The summed E-state index contributed by atoms with van der Waals surface area (Å²) in [6.45, 7) is -0.0509. The van der Waals surface area contributed by atoms with Crippen LogP contribution in [0.5, 0.6) is 5.75 Å². The molecule has 0 saturated carbocycles. The Balaban J connectivity index is 2.03. The van der Waals surface area contributed by atoms with Gasteiger partial charge in [0.2, 0.25) is 0 Å². The van der Waals surface area contributed by atoms with E-state index in [1.165, 1.54) is 12.1 Å². The largest absolute Gasteiger partial charge is 0.487 e. The van der Waals surface area contributed by atoms with Crippen LogP contribution >= 0.6 is 11.6 Å². The minimum atomic E-state index is -0.890. The molecular formula is C14H12ClFO2. The highest BCUT2D eigenvalue weighted by atomic mass is 35.5. The van der Waals surface area contributed by atoms with E-state index in [1.807, 2.05) is 0 Å². The van der Waals surface area contributed by atoms with Crippen LogP contribution in [0.15, 0.2) is 48.5 Å². The molecule has 0 aliphatic carbocycles. The number of ether oxygens (including phenoxy) is 1. The first-order valence-electron chi connectivity index (χ1n) is 5.48. The summed E-state index contributed by atoms with van der Waals surface area (Å²) < 4.78 is 18.5. The molecular weight excluding hydrogens is 255 g/mol. The van der Waals surface area contributed by atoms with Gasteiger partial charge in [0.05, 0.1) is 0 Å². The minimum Gasteiger partial charge on any atom is -0.487 e. The average molecular weight is 267 g/mol. The molecule has 0 heterocycles. The first-order valence-corrected chi connectivity index (χ1v) is 5.86. The first kappa shape index (κ1) is 12.9. The van der Waals surface area contributed by atoms with Gasteiger partial charge in [-0.25, -0.2) is 4.39 Å². The van der Waals surface area contributed by atoms with Gasteiger partial charge >= 0.3 is 0 Å². The van der Waals surface area contributed by atoms with E-state index in [-0.39, 0.29) is 12.4 Å². The third-order valence-electron chi connectivity index (χ3n) is 2.50. The summed E-state index contributed by atoms with van der Waals surface area (Å²) in [6, 6.07) is 13.0. The second-order valence-electron chi connectivity index (χ2n) is 3.78. The Hall–Kier alpha value is -1.58. The average Bonchev–Trinajstić information content (AvgIpc) is 2.38. The molecule has 2 rings (SSSR count). The molecule has 94 valence electrons. The van der Waals surface area contributed by atoms with E-state index in [2.05, 4.69) is 0 Å². The molecule has 1 N–H and O–H groups in total. The fourth-order valence-corrected chi connectivity index (χ4v) is 1.83. The number of hydrogen-bond donors (Lipinski definition) is 1. The number of aliphatic hydroxyl groups is 1.